The third kappa shape index (κ3) is 5.04. The molecule has 1 atom stereocenters. The Hall–Kier alpha value is -1.33. The molecule has 0 heterocycles. The van der Waals surface area contributed by atoms with Crippen LogP contribution in [0.5, 0.6) is 0 Å². The third-order valence-electron chi connectivity index (χ3n) is 2.70. The summed E-state index contributed by atoms with van der Waals surface area (Å²) in [6, 6.07) is 3.84. The number of nitrogens with one attached hydrogen (secondary N) is 2. The number of anilines is 1. The molecule has 1 aromatic rings. The lowest BCUT2D eigenvalue weighted by atomic mass is 10.0. The molecule has 0 saturated heterocycles. The largest absolute Gasteiger partial charge is 0.393 e. The highest BCUT2D eigenvalue weighted by Crippen LogP contribution is 2.21. The van der Waals surface area contributed by atoms with Gasteiger partial charge in [0.15, 0.2) is 5.82 Å². The van der Waals surface area contributed by atoms with Crippen LogP contribution in [0.1, 0.15) is 20.3 Å². The quantitative estimate of drug-likeness (QED) is 0.780. The maximum absolute atomic E-state index is 13.5. The second kappa shape index (κ2) is 7.31. The van der Waals surface area contributed by atoms with Crippen LogP contribution in [0.3, 0.4) is 0 Å². The van der Waals surface area contributed by atoms with E-state index in [1.807, 2.05) is 13.8 Å². The first kappa shape index (κ1) is 15.7. The van der Waals surface area contributed by atoms with Crippen molar-refractivity contribution < 1.29 is 14.3 Å². The minimum Gasteiger partial charge on any atom is -0.393 e. The average Bonchev–Trinajstić information content (AvgIpc) is 2.34. The monoisotopic (exact) mass is 288 g/mol. The summed E-state index contributed by atoms with van der Waals surface area (Å²) in [4.78, 5) is 11.5. The number of carbonyl (C=O) groups is 1. The standard InChI is InChI=1S/C13H18ClFN2O2/c1-8(2)11(18)6-7-16-13(19)17-10-5-3-4-9(14)12(10)15/h3-5,8,11,18H,6-7H2,1-2H3,(H2,16,17,19). The van der Waals surface area contributed by atoms with E-state index in [1.165, 1.54) is 12.1 Å². The number of amides is 2. The fourth-order valence-electron chi connectivity index (χ4n) is 1.43. The summed E-state index contributed by atoms with van der Waals surface area (Å²) in [7, 11) is 0. The van der Waals surface area contributed by atoms with Gasteiger partial charge < -0.3 is 15.7 Å². The number of aliphatic hydroxyl groups is 1. The van der Waals surface area contributed by atoms with Crippen LogP contribution in [0.2, 0.25) is 5.02 Å². The Labute approximate surface area is 117 Å². The van der Waals surface area contributed by atoms with Crippen LogP contribution in [0.25, 0.3) is 0 Å². The molecule has 0 saturated carbocycles. The molecule has 0 spiro atoms. The fourth-order valence-corrected chi connectivity index (χ4v) is 1.61. The molecule has 0 aromatic heterocycles. The number of hydrogen-bond acceptors (Lipinski definition) is 2. The Kier molecular flexibility index (Phi) is 6.05. The van der Waals surface area contributed by atoms with Crippen LogP contribution >= 0.6 is 11.6 Å². The lowest BCUT2D eigenvalue weighted by Crippen LogP contribution is -2.32. The Bertz CT molecular complexity index is 441. The number of rotatable bonds is 5. The Morgan fingerprint density at radius 3 is 2.79 bits per heavy atom. The maximum Gasteiger partial charge on any atom is 0.319 e. The normalized spacial score (nSPS) is 12.3. The van der Waals surface area contributed by atoms with Gasteiger partial charge in [-0.2, -0.15) is 0 Å². The van der Waals surface area contributed by atoms with Crippen LogP contribution < -0.4 is 10.6 Å². The van der Waals surface area contributed by atoms with Crippen molar-refractivity contribution in [2.75, 3.05) is 11.9 Å². The van der Waals surface area contributed by atoms with E-state index >= 15 is 0 Å². The van der Waals surface area contributed by atoms with Gasteiger partial charge in [0.1, 0.15) is 0 Å². The summed E-state index contributed by atoms with van der Waals surface area (Å²) in [5.74, 6) is -0.531. The number of urea groups is 1. The van der Waals surface area contributed by atoms with Gasteiger partial charge in [-0.3, -0.25) is 0 Å². The van der Waals surface area contributed by atoms with Crippen molar-refractivity contribution in [2.24, 2.45) is 5.92 Å². The molecule has 0 radical (unpaired) electrons. The molecule has 0 fully saturated rings. The summed E-state index contributed by atoms with van der Waals surface area (Å²) in [6.45, 7) is 4.10. The van der Waals surface area contributed by atoms with E-state index in [2.05, 4.69) is 10.6 Å². The number of aliphatic hydroxyl groups excluding tert-OH is 1. The number of carbonyl (C=O) groups excluding carboxylic acids is 1. The van der Waals surface area contributed by atoms with Crippen LogP contribution in [0.4, 0.5) is 14.9 Å². The maximum atomic E-state index is 13.5. The predicted molar refractivity (Wildman–Crippen MR) is 73.9 cm³/mol. The molecule has 106 valence electrons. The average molecular weight is 289 g/mol. The minimum atomic E-state index is -0.665. The summed E-state index contributed by atoms with van der Waals surface area (Å²) in [6.07, 6.45) is -0.0217. The molecule has 4 nitrogen and oxygen atoms in total. The first-order chi connectivity index (χ1) is 8.91. The van der Waals surface area contributed by atoms with Crippen molar-refractivity contribution in [1.82, 2.24) is 5.32 Å². The molecule has 3 N–H and O–H groups in total. The van der Waals surface area contributed by atoms with E-state index in [0.29, 0.717) is 13.0 Å². The van der Waals surface area contributed by atoms with E-state index in [4.69, 9.17) is 11.6 Å². The van der Waals surface area contributed by atoms with Gasteiger partial charge in [-0.15, -0.1) is 0 Å². The highest BCUT2D eigenvalue weighted by molar-refractivity contribution is 6.31. The van der Waals surface area contributed by atoms with Gasteiger partial charge in [0.05, 0.1) is 16.8 Å². The van der Waals surface area contributed by atoms with E-state index in [0.717, 1.165) is 0 Å². The summed E-state index contributed by atoms with van der Waals surface area (Å²) < 4.78 is 13.5. The van der Waals surface area contributed by atoms with E-state index in [9.17, 15) is 14.3 Å². The molecule has 1 aromatic carbocycles. The summed E-state index contributed by atoms with van der Waals surface area (Å²) >= 11 is 5.60. The number of halogens is 2. The molecule has 0 aliphatic rings. The Balaban J connectivity index is 2.41. The zero-order chi connectivity index (χ0) is 14.4. The fraction of sp³-hybridized carbons (Fsp3) is 0.462. The van der Waals surface area contributed by atoms with E-state index in [-0.39, 0.29) is 16.6 Å². The Morgan fingerprint density at radius 1 is 1.47 bits per heavy atom. The van der Waals surface area contributed by atoms with Crippen molar-refractivity contribution >= 4 is 23.3 Å². The lowest BCUT2D eigenvalue weighted by molar-refractivity contribution is 0.117. The second-order valence-electron chi connectivity index (χ2n) is 4.58. The van der Waals surface area contributed by atoms with E-state index in [1.54, 1.807) is 6.07 Å². The molecule has 1 rings (SSSR count). The van der Waals surface area contributed by atoms with Crippen molar-refractivity contribution in [3.05, 3.63) is 29.0 Å². The van der Waals surface area contributed by atoms with E-state index < -0.39 is 18.0 Å². The van der Waals surface area contributed by atoms with Gasteiger partial charge in [0.25, 0.3) is 0 Å². The summed E-state index contributed by atoms with van der Waals surface area (Å²) in [5, 5.41) is 14.4. The molecule has 0 bridgehead atoms. The van der Waals surface area contributed by atoms with Gasteiger partial charge in [-0.1, -0.05) is 31.5 Å². The molecular formula is C13H18ClFN2O2. The summed E-state index contributed by atoms with van der Waals surface area (Å²) in [5.41, 5.74) is 0.0226. The highest BCUT2D eigenvalue weighted by atomic mass is 35.5. The van der Waals surface area contributed by atoms with Crippen molar-refractivity contribution in [1.29, 1.82) is 0 Å². The van der Waals surface area contributed by atoms with Gasteiger partial charge in [0.2, 0.25) is 0 Å². The topological polar surface area (TPSA) is 61.4 Å². The Morgan fingerprint density at radius 2 is 2.16 bits per heavy atom. The predicted octanol–water partition coefficient (Wildman–Crippen LogP) is 3.01. The molecule has 0 aliphatic heterocycles. The van der Waals surface area contributed by atoms with Gasteiger partial charge in [-0.05, 0) is 24.5 Å². The molecule has 1 unspecified atom stereocenters. The smallest absolute Gasteiger partial charge is 0.319 e. The zero-order valence-electron chi connectivity index (χ0n) is 10.9. The zero-order valence-corrected chi connectivity index (χ0v) is 11.7. The van der Waals surface area contributed by atoms with Crippen LogP contribution in [0.15, 0.2) is 18.2 Å². The first-order valence-electron chi connectivity index (χ1n) is 6.08. The number of benzene rings is 1. The van der Waals surface area contributed by atoms with Gasteiger partial charge >= 0.3 is 6.03 Å². The lowest BCUT2D eigenvalue weighted by Gasteiger charge is -2.14. The molecular weight excluding hydrogens is 271 g/mol. The van der Waals surface area contributed by atoms with Crippen LogP contribution in [-0.2, 0) is 0 Å². The van der Waals surface area contributed by atoms with Crippen molar-refractivity contribution in [3.63, 3.8) is 0 Å². The molecule has 2 amide bonds. The van der Waals surface area contributed by atoms with Crippen LogP contribution in [0, 0.1) is 11.7 Å². The second-order valence-corrected chi connectivity index (χ2v) is 4.99. The SMILES string of the molecule is CC(C)C(O)CCNC(=O)Nc1cccc(Cl)c1F. The van der Waals surface area contributed by atoms with Gasteiger partial charge in [-0.25, -0.2) is 9.18 Å². The van der Waals surface area contributed by atoms with Crippen molar-refractivity contribution in [3.8, 4) is 0 Å². The van der Waals surface area contributed by atoms with Gasteiger partial charge in [0, 0.05) is 6.54 Å². The van der Waals surface area contributed by atoms with Crippen LogP contribution in [-0.4, -0.2) is 23.8 Å². The molecule has 6 heteroatoms. The molecule has 19 heavy (non-hydrogen) atoms. The highest BCUT2D eigenvalue weighted by Gasteiger charge is 2.11. The molecule has 0 aliphatic carbocycles. The third-order valence-corrected chi connectivity index (χ3v) is 2.99. The van der Waals surface area contributed by atoms with Crippen molar-refractivity contribution in [2.45, 2.75) is 26.4 Å². The first-order valence-corrected chi connectivity index (χ1v) is 6.46. The number of hydrogen-bond donors (Lipinski definition) is 3. The minimum absolute atomic E-state index is 0.0226.